The van der Waals surface area contributed by atoms with Crippen molar-refractivity contribution in [2.24, 2.45) is 4.36 Å². The van der Waals surface area contributed by atoms with Crippen LogP contribution in [0.1, 0.15) is 11.1 Å². The number of nitrogens with zero attached hydrogens (tertiary/aromatic N) is 6. The quantitative estimate of drug-likeness (QED) is 0.508. The molecule has 10 heteroatoms. The SMILES string of the molecule is CS(C)(=O)=Nc1cccc(-n2ncc3cnc(Nc4ccc5c(c4)CNCC5)nc32)n1. The maximum atomic E-state index is 12.0. The van der Waals surface area contributed by atoms with E-state index in [2.05, 4.69) is 53.2 Å². The molecule has 3 aromatic heterocycles. The highest BCUT2D eigenvalue weighted by atomic mass is 32.2. The predicted octanol–water partition coefficient (Wildman–Crippen LogP) is 2.96. The van der Waals surface area contributed by atoms with Crippen molar-refractivity contribution in [2.75, 3.05) is 24.4 Å². The fourth-order valence-electron chi connectivity index (χ4n) is 3.54. The van der Waals surface area contributed by atoms with E-state index in [1.165, 1.54) is 11.1 Å². The van der Waals surface area contributed by atoms with Crippen LogP contribution in [0.3, 0.4) is 0 Å². The topological polar surface area (TPSA) is 110 Å². The van der Waals surface area contributed by atoms with E-state index < -0.39 is 9.73 Å². The summed E-state index contributed by atoms with van der Waals surface area (Å²) in [6, 6.07) is 11.7. The normalized spacial score (nSPS) is 13.7. The molecule has 0 atom stereocenters. The number of nitrogens with one attached hydrogen (secondary N) is 2. The van der Waals surface area contributed by atoms with Gasteiger partial charge in [-0.05, 0) is 48.4 Å². The summed E-state index contributed by atoms with van der Waals surface area (Å²) >= 11 is 0. The zero-order valence-corrected chi connectivity index (χ0v) is 18.1. The fraction of sp³-hybridized carbons (Fsp3) is 0.238. The van der Waals surface area contributed by atoms with E-state index >= 15 is 0 Å². The summed E-state index contributed by atoms with van der Waals surface area (Å²) in [6.45, 7) is 1.88. The molecule has 0 bridgehead atoms. The van der Waals surface area contributed by atoms with Gasteiger partial charge >= 0.3 is 0 Å². The molecule has 9 nitrogen and oxygen atoms in total. The zero-order valence-electron chi connectivity index (χ0n) is 17.2. The Morgan fingerprint density at radius 2 is 2.03 bits per heavy atom. The van der Waals surface area contributed by atoms with Crippen LogP contribution < -0.4 is 10.6 Å². The number of pyridine rings is 1. The maximum Gasteiger partial charge on any atom is 0.229 e. The third-order valence-corrected chi connectivity index (χ3v) is 5.53. The van der Waals surface area contributed by atoms with Crippen LogP contribution in [0.5, 0.6) is 0 Å². The molecule has 0 radical (unpaired) electrons. The summed E-state index contributed by atoms with van der Waals surface area (Å²) in [7, 11) is -2.31. The first-order valence-corrected chi connectivity index (χ1v) is 12.2. The molecular formula is C21H22N8OS. The second-order valence-electron chi connectivity index (χ2n) is 7.69. The van der Waals surface area contributed by atoms with Gasteiger partial charge in [0, 0.05) is 40.7 Å². The van der Waals surface area contributed by atoms with Gasteiger partial charge in [-0.1, -0.05) is 12.1 Å². The number of hydrogen-bond acceptors (Lipinski definition) is 8. The van der Waals surface area contributed by atoms with Crippen molar-refractivity contribution in [3.05, 3.63) is 59.9 Å². The molecule has 0 aliphatic carbocycles. The van der Waals surface area contributed by atoms with Crippen LogP contribution in [0.4, 0.5) is 17.5 Å². The zero-order chi connectivity index (χ0) is 21.4. The molecule has 1 aliphatic rings. The van der Waals surface area contributed by atoms with Crippen molar-refractivity contribution in [3.63, 3.8) is 0 Å². The van der Waals surface area contributed by atoms with Crippen molar-refractivity contribution in [2.45, 2.75) is 13.0 Å². The standard InChI is InChI=1S/C21H22N8OS/c1-31(2,30)28-18-4-3-5-19(26-18)29-20-16(13-24-29)12-23-21(27-20)25-17-7-6-14-8-9-22-11-15(14)10-17/h3-7,10,12-13,22H,8-9,11H2,1-2H3,(H,23,25,27). The van der Waals surface area contributed by atoms with Crippen molar-refractivity contribution in [3.8, 4) is 5.82 Å². The first kappa shape index (κ1) is 19.6. The van der Waals surface area contributed by atoms with Gasteiger partial charge in [-0.2, -0.15) is 19.1 Å². The molecule has 4 heterocycles. The number of hydrogen-bond donors (Lipinski definition) is 2. The number of anilines is 2. The monoisotopic (exact) mass is 434 g/mol. The molecule has 0 unspecified atom stereocenters. The Kier molecular flexibility index (Phi) is 4.87. The van der Waals surface area contributed by atoms with E-state index in [1.54, 1.807) is 41.7 Å². The van der Waals surface area contributed by atoms with E-state index in [0.29, 0.717) is 23.2 Å². The number of benzene rings is 1. The number of fused-ring (bicyclic) bond motifs is 2. The van der Waals surface area contributed by atoms with Gasteiger partial charge < -0.3 is 10.6 Å². The molecule has 0 amide bonds. The largest absolute Gasteiger partial charge is 0.324 e. The fourth-order valence-corrected chi connectivity index (χ4v) is 4.09. The van der Waals surface area contributed by atoms with Gasteiger partial charge in [0.15, 0.2) is 17.3 Å². The van der Waals surface area contributed by atoms with Gasteiger partial charge in [0.2, 0.25) is 5.95 Å². The minimum absolute atomic E-state index is 0.395. The molecule has 5 rings (SSSR count). The molecule has 158 valence electrons. The number of aromatic nitrogens is 5. The molecular weight excluding hydrogens is 412 g/mol. The summed E-state index contributed by atoms with van der Waals surface area (Å²) in [5, 5.41) is 11.9. The summed E-state index contributed by atoms with van der Waals surface area (Å²) in [5.74, 6) is 1.42. The van der Waals surface area contributed by atoms with Crippen LogP contribution >= 0.6 is 0 Å². The van der Waals surface area contributed by atoms with Crippen LogP contribution in [-0.2, 0) is 22.7 Å². The van der Waals surface area contributed by atoms with Gasteiger partial charge in [-0.3, -0.25) is 0 Å². The van der Waals surface area contributed by atoms with E-state index in [1.807, 2.05) is 6.07 Å². The molecule has 2 N–H and O–H groups in total. The Morgan fingerprint density at radius 1 is 1.13 bits per heavy atom. The average Bonchev–Trinajstić information content (AvgIpc) is 3.16. The molecule has 1 aromatic carbocycles. The lowest BCUT2D eigenvalue weighted by atomic mass is 10.0. The van der Waals surface area contributed by atoms with Gasteiger partial charge in [0.05, 0.1) is 11.6 Å². The minimum atomic E-state index is -2.31. The first-order chi connectivity index (χ1) is 14.9. The van der Waals surface area contributed by atoms with Crippen LogP contribution in [0, 0.1) is 0 Å². The highest BCUT2D eigenvalue weighted by molar-refractivity contribution is 7.92. The van der Waals surface area contributed by atoms with Crippen LogP contribution in [0.2, 0.25) is 0 Å². The third-order valence-electron chi connectivity index (χ3n) is 4.91. The highest BCUT2D eigenvalue weighted by Crippen LogP contribution is 2.23. The summed E-state index contributed by atoms with van der Waals surface area (Å²) in [4.78, 5) is 13.6. The summed E-state index contributed by atoms with van der Waals surface area (Å²) in [6.07, 6.45) is 7.62. The molecule has 0 spiro atoms. The summed E-state index contributed by atoms with van der Waals surface area (Å²) in [5.41, 5.74) is 4.22. The van der Waals surface area contributed by atoms with Crippen LogP contribution in [-0.4, -0.2) is 48.0 Å². The van der Waals surface area contributed by atoms with Crippen molar-refractivity contribution >= 4 is 38.2 Å². The maximum absolute atomic E-state index is 12.0. The minimum Gasteiger partial charge on any atom is -0.324 e. The number of rotatable bonds is 4. The molecule has 31 heavy (non-hydrogen) atoms. The second-order valence-corrected chi connectivity index (χ2v) is 10.2. The van der Waals surface area contributed by atoms with E-state index in [4.69, 9.17) is 0 Å². The van der Waals surface area contributed by atoms with Crippen molar-refractivity contribution in [1.82, 2.24) is 30.0 Å². The van der Waals surface area contributed by atoms with E-state index in [-0.39, 0.29) is 0 Å². The van der Waals surface area contributed by atoms with E-state index in [0.717, 1.165) is 30.6 Å². The van der Waals surface area contributed by atoms with Crippen LogP contribution in [0.25, 0.3) is 16.9 Å². The van der Waals surface area contributed by atoms with E-state index in [9.17, 15) is 4.21 Å². The molecule has 0 fully saturated rings. The van der Waals surface area contributed by atoms with Crippen molar-refractivity contribution < 1.29 is 4.21 Å². The Labute approximate surface area is 180 Å². The Morgan fingerprint density at radius 3 is 2.90 bits per heavy atom. The van der Waals surface area contributed by atoms with Crippen molar-refractivity contribution in [1.29, 1.82) is 0 Å². The molecule has 0 saturated heterocycles. The molecule has 4 aromatic rings. The lowest BCUT2D eigenvalue weighted by Gasteiger charge is -2.18. The Hall–Kier alpha value is -3.37. The lowest BCUT2D eigenvalue weighted by molar-refractivity contribution is 0.644. The van der Waals surface area contributed by atoms with Gasteiger partial charge in [-0.25, -0.2) is 14.2 Å². The lowest BCUT2D eigenvalue weighted by Crippen LogP contribution is -2.23. The first-order valence-electron chi connectivity index (χ1n) is 9.89. The third kappa shape index (κ3) is 4.25. The molecule has 0 saturated carbocycles. The smallest absolute Gasteiger partial charge is 0.229 e. The average molecular weight is 435 g/mol. The van der Waals surface area contributed by atoms with Gasteiger partial charge in [0.25, 0.3) is 0 Å². The van der Waals surface area contributed by atoms with Gasteiger partial charge in [-0.15, -0.1) is 0 Å². The Balaban J connectivity index is 1.49. The highest BCUT2D eigenvalue weighted by Gasteiger charge is 2.12. The van der Waals surface area contributed by atoms with Gasteiger partial charge in [0.1, 0.15) is 0 Å². The summed E-state index contributed by atoms with van der Waals surface area (Å²) < 4.78 is 17.8. The second kappa shape index (κ2) is 7.71. The Bertz CT molecular complexity index is 1400. The predicted molar refractivity (Wildman–Crippen MR) is 122 cm³/mol. The molecule has 1 aliphatic heterocycles. The van der Waals surface area contributed by atoms with Crippen LogP contribution in [0.15, 0.2) is 53.2 Å².